The summed E-state index contributed by atoms with van der Waals surface area (Å²) in [5.74, 6) is 1.70. The Bertz CT molecular complexity index is 1080. The van der Waals surface area contributed by atoms with E-state index in [1.54, 1.807) is 12.4 Å². The molecule has 0 saturated carbocycles. The minimum Gasteiger partial charge on any atom is -0.439 e. The van der Waals surface area contributed by atoms with Crippen LogP contribution in [0, 0.1) is 0 Å². The molecule has 1 aliphatic heterocycles. The van der Waals surface area contributed by atoms with E-state index in [0.717, 1.165) is 16.8 Å². The minimum atomic E-state index is 0.119. The van der Waals surface area contributed by atoms with Crippen molar-refractivity contribution in [2.75, 3.05) is 6.61 Å². The van der Waals surface area contributed by atoms with Crippen molar-refractivity contribution in [3.8, 4) is 34.3 Å². The second-order valence-corrected chi connectivity index (χ2v) is 6.71. The monoisotopic (exact) mass is 390 g/mol. The Balaban J connectivity index is 1.23. The molecule has 4 aromatic rings. The molecule has 0 aliphatic carbocycles. The minimum absolute atomic E-state index is 0.119. The van der Waals surface area contributed by atoms with Gasteiger partial charge in [0.2, 0.25) is 11.7 Å². The van der Waals surface area contributed by atoms with Crippen LogP contribution in [0.15, 0.2) is 54.9 Å². The lowest BCUT2D eigenvalue weighted by molar-refractivity contribution is 0.292. The van der Waals surface area contributed by atoms with Crippen LogP contribution in [0.3, 0.4) is 0 Å². The van der Waals surface area contributed by atoms with Crippen LogP contribution < -0.4 is 10.1 Å². The van der Waals surface area contributed by atoms with Gasteiger partial charge in [-0.25, -0.2) is 4.98 Å². The van der Waals surface area contributed by atoms with Gasteiger partial charge in [0.15, 0.2) is 0 Å². The second-order valence-electron chi connectivity index (χ2n) is 6.71. The first-order valence-corrected chi connectivity index (χ1v) is 9.17. The summed E-state index contributed by atoms with van der Waals surface area (Å²) in [7, 11) is 0. The molecule has 0 spiro atoms. The van der Waals surface area contributed by atoms with Crippen LogP contribution in [0.1, 0.15) is 0 Å². The van der Waals surface area contributed by atoms with Crippen LogP contribution >= 0.6 is 0 Å². The average molecular weight is 390 g/mol. The molecule has 146 valence electrons. The lowest BCUT2D eigenvalue weighted by atomic mass is 10.2. The highest BCUT2D eigenvalue weighted by molar-refractivity contribution is 5.58. The zero-order valence-corrected chi connectivity index (χ0v) is 15.3. The van der Waals surface area contributed by atoms with Crippen molar-refractivity contribution in [3.63, 3.8) is 0 Å². The number of H-pyrrole nitrogens is 1. The molecule has 4 heterocycles. The van der Waals surface area contributed by atoms with Crippen molar-refractivity contribution in [2.45, 2.75) is 18.6 Å². The van der Waals surface area contributed by atoms with Gasteiger partial charge in [-0.15, -0.1) is 10.2 Å². The number of benzene rings is 1. The van der Waals surface area contributed by atoms with Gasteiger partial charge in [-0.1, -0.05) is 0 Å². The summed E-state index contributed by atoms with van der Waals surface area (Å²) >= 11 is 0. The van der Waals surface area contributed by atoms with E-state index in [-0.39, 0.29) is 18.7 Å². The average Bonchev–Trinajstić information content (AvgIpc) is 3.12. The first-order chi connectivity index (χ1) is 14.3. The number of ether oxygens (including phenoxy) is 1. The number of tetrazole rings is 1. The summed E-state index contributed by atoms with van der Waals surface area (Å²) in [6.45, 7) is 0.702. The van der Waals surface area contributed by atoms with E-state index in [0.29, 0.717) is 24.0 Å². The van der Waals surface area contributed by atoms with Crippen LogP contribution in [0.2, 0.25) is 0 Å². The smallest absolute Gasteiger partial charge is 0.219 e. The lowest BCUT2D eigenvalue weighted by Gasteiger charge is -2.05. The molecule has 10 nitrogen and oxygen atoms in total. The Morgan fingerprint density at radius 3 is 2.59 bits per heavy atom. The third-order valence-electron chi connectivity index (χ3n) is 4.70. The molecule has 1 aliphatic rings. The number of nitrogens with zero attached hydrogens (tertiary/aromatic N) is 6. The summed E-state index contributed by atoms with van der Waals surface area (Å²) < 4.78 is 5.80. The van der Waals surface area contributed by atoms with E-state index in [1.807, 2.05) is 42.5 Å². The Morgan fingerprint density at radius 2 is 1.90 bits per heavy atom. The Labute approximate surface area is 165 Å². The van der Waals surface area contributed by atoms with E-state index in [1.165, 1.54) is 4.80 Å². The van der Waals surface area contributed by atoms with Gasteiger partial charge in [0.05, 0.1) is 18.8 Å². The van der Waals surface area contributed by atoms with E-state index >= 15 is 0 Å². The highest BCUT2D eigenvalue weighted by atomic mass is 16.5. The zero-order valence-electron chi connectivity index (χ0n) is 15.3. The van der Waals surface area contributed by atoms with E-state index in [2.05, 4.69) is 35.9 Å². The van der Waals surface area contributed by atoms with E-state index < -0.39 is 0 Å². The molecule has 1 fully saturated rings. The molecule has 29 heavy (non-hydrogen) atoms. The van der Waals surface area contributed by atoms with Gasteiger partial charge >= 0.3 is 0 Å². The number of aromatic amines is 1. The molecule has 1 saturated heterocycles. The van der Waals surface area contributed by atoms with Crippen LogP contribution in [0.4, 0.5) is 0 Å². The second kappa shape index (κ2) is 7.41. The highest BCUT2D eigenvalue weighted by Crippen LogP contribution is 2.24. The number of hydrogen-bond donors (Lipinski definition) is 3. The van der Waals surface area contributed by atoms with Gasteiger partial charge in [-0.05, 0) is 41.6 Å². The summed E-state index contributed by atoms with van der Waals surface area (Å²) in [4.78, 5) is 5.87. The third kappa shape index (κ3) is 3.84. The van der Waals surface area contributed by atoms with Gasteiger partial charge in [-0.2, -0.15) is 9.90 Å². The Morgan fingerprint density at radius 1 is 1.03 bits per heavy atom. The van der Waals surface area contributed by atoms with E-state index in [4.69, 9.17) is 9.84 Å². The standard InChI is InChI=1S/C19H18N8O2/c28-11-17-16(22-17)10-27-25-19(24-26-27)12-1-4-14(5-2-12)29-18-6-3-13(9-20-18)15-7-8-21-23-15/h1-9,16-17,22,28H,10-11H2,(H,21,23)/t16?,17-/m0/s1. The van der Waals surface area contributed by atoms with Gasteiger partial charge < -0.3 is 15.2 Å². The molecular formula is C19H18N8O2. The summed E-state index contributed by atoms with van der Waals surface area (Å²) in [6.07, 6.45) is 3.43. The van der Waals surface area contributed by atoms with Crippen LogP contribution in [-0.4, -0.2) is 59.2 Å². The fourth-order valence-electron chi connectivity index (χ4n) is 3.00. The first-order valence-electron chi connectivity index (χ1n) is 9.17. The Hall–Kier alpha value is -3.63. The highest BCUT2D eigenvalue weighted by Gasteiger charge is 2.36. The summed E-state index contributed by atoms with van der Waals surface area (Å²) in [5, 5.41) is 31.6. The maximum Gasteiger partial charge on any atom is 0.219 e. The van der Waals surface area contributed by atoms with Crippen molar-refractivity contribution >= 4 is 0 Å². The number of nitrogens with one attached hydrogen (secondary N) is 2. The molecule has 0 radical (unpaired) electrons. The SMILES string of the molecule is OC[C@@H]1NC1Cn1nnc(-c2ccc(Oc3ccc(-c4ccn[nH]4)cn3)cc2)n1. The van der Waals surface area contributed by atoms with Crippen molar-refractivity contribution in [1.82, 2.24) is 40.7 Å². The van der Waals surface area contributed by atoms with Crippen LogP contribution in [-0.2, 0) is 6.54 Å². The molecule has 3 N–H and O–H groups in total. The summed E-state index contributed by atoms with van der Waals surface area (Å²) in [6, 6.07) is 13.4. The molecule has 5 rings (SSSR count). The fraction of sp³-hybridized carbons (Fsp3) is 0.211. The number of hydrogen-bond acceptors (Lipinski definition) is 8. The van der Waals surface area contributed by atoms with Crippen molar-refractivity contribution in [3.05, 3.63) is 54.9 Å². The predicted octanol–water partition coefficient (Wildman–Crippen LogP) is 1.25. The number of pyridine rings is 1. The number of aliphatic hydroxyl groups excluding tert-OH is 1. The van der Waals surface area contributed by atoms with Gasteiger partial charge in [0.1, 0.15) is 5.75 Å². The fourth-order valence-corrected chi connectivity index (χ4v) is 3.00. The maximum absolute atomic E-state index is 9.08. The molecule has 3 aromatic heterocycles. The lowest BCUT2D eigenvalue weighted by Crippen LogP contribution is -2.11. The first kappa shape index (κ1) is 17.5. The van der Waals surface area contributed by atoms with Gasteiger partial charge in [-0.3, -0.25) is 5.10 Å². The van der Waals surface area contributed by atoms with E-state index in [9.17, 15) is 0 Å². The topological polar surface area (TPSA) is 137 Å². The zero-order chi connectivity index (χ0) is 19.6. The molecule has 1 aromatic carbocycles. The number of aromatic nitrogens is 7. The van der Waals surface area contributed by atoms with Gasteiger partial charge in [0.25, 0.3) is 0 Å². The van der Waals surface area contributed by atoms with Gasteiger partial charge in [0, 0.05) is 41.7 Å². The predicted molar refractivity (Wildman–Crippen MR) is 103 cm³/mol. The normalized spacial score (nSPS) is 18.0. The molecular weight excluding hydrogens is 372 g/mol. The van der Waals surface area contributed by atoms with Crippen molar-refractivity contribution in [2.24, 2.45) is 0 Å². The molecule has 1 unspecified atom stereocenters. The molecule has 0 bridgehead atoms. The summed E-state index contributed by atoms with van der Waals surface area (Å²) in [5.41, 5.74) is 2.68. The molecule has 10 heteroatoms. The quantitative estimate of drug-likeness (QED) is 0.401. The largest absolute Gasteiger partial charge is 0.439 e. The van der Waals surface area contributed by atoms with Crippen molar-refractivity contribution < 1.29 is 9.84 Å². The van der Waals surface area contributed by atoms with Crippen LogP contribution in [0.25, 0.3) is 22.6 Å². The number of aliphatic hydroxyl groups is 1. The number of rotatable bonds is 7. The Kier molecular flexibility index (Phi) is 4.47. The molecule has 0 amide bonds. The molecule has 2 atom stereocenters. The third-order valence-corrected chi connectivity index (χ3v) is 4.70. The van der Waals surface area contributed by atoms with Crippen LogP contribution in [0.5, 0.6) is 11.6 Å². The maximum atomic E-state index is 9.08. The van der Waals surface area contributed by atoms with Crippen molar-refractivity contribution in [1.29, 1.82) is 0 Å².